The molecule has 0 radical (unpaired) electrons. The largest absolute Gasteiger partial charge is 0.388 e. The zero-order valence-electron chi connectivity index (χ0n) is 10.8. The number of benzene rings is 1. The van der Waals surface area contributed by atoms with Gasteiger partial charge in [-0.2, -0.15) is 5.10 Å². The molecule has 20 heavy (non-hydrogen) atoms. The van der Waals surface area contributed by atoms with Crippen LogP contribution in [0.3, 0.4) is 0 Å². The molecular weight excluding hydrogens is 337 g/mol. The fourth-order valence-electron chi connectivity index (χ4n) is 1.97. The number of rotatable bonds is 3. The minimum atomic E-state index is -1.54. The van der Waals surface area contributed by atoms with Gasteiger partial charge in [0.2, 0.25) is 0 Å². The third-order valence-electron chi connectivity index (χ3n) is 3.04. The Morgan fingerprint density at radius 3 is 2.30 bits per heavy atom. The molecule has 1 heterocycles. The summed E-state index contributed by atoms with van der Waals surface area (Å²) in [7, 11) is 1.70. The van der Waals surface area contributed by atoms with Crippen molar-refractivity contribution in [3.8, 4) is 0 Å². The second-order valence-corrected chi connectivity index (χ2v) is 5.28. The van der Waals surface area contributed by atoms with E-state index >= 15 is 0 Å². The highest BCUT2D eigenvalue weighted by atomic mass is 79.9. The quantitative estimate of drug-likeness (QED) is 0.865. The fourth-order valence-corrected chi connectivity index (χ4v) is 2.47. The maximum absolute atomic E-state index is 13.1. The average Bonchev–Trinajstić information content (AvgIpc) is 2.62. The van der Waals surface area contributed by atoms with Gasteiger partial charge in [-0.05, 0) is 40.5 Å². The lowest BCUT2D eigenvalue weighted by molar-refractivity contribution is 0.174. The molecule has 108 valence electrons. The number of aliphatic hydroxyl groups excluding tert-OH is 1. The summed E-state index contributed by atoms with van der Waals surface area (Å²) in [5.41, 5.74) is 1.40. The van der Waals surface area contributed by atoms with Gasteiger partial charge in [0.15, 0.2) is 17.5 Å². The molecule has 7 heteroatoms. The highest BCUT2D eigenvalue weighted by Crippen LogP contribution is 2.27. The molecular formula is C13H12BrF3N2O. The lowest BCUT2D eigenvalue weighted by Crippen LogP contribution is -2.08. The molecule has 0 amide bonds. The number of aliphatic hydroxyl groups is 1. The van der Waals surface area contributed by atoms with Crippen molar-refractivity contribution >= 4 is 15.9 Å². The predicted molar refractivity (Wildman–Crippen MR) is 70.6 cm³/mol. The van der Waals surface area contributed by atoms with Gasteiger partial charge < -0.3 is 5.11 Å². The first kappa shape index (κ1) is 15.1. The molecule has 1 atom stereocenters. The first-order valence-corrected chi connectivity index (χ1v) is 6.61. The summed E-state index contributed by atoms with van der Waals surface area (Å²) in [5, 5.41) is 14.2. The number of hydrogen-bond donors (Lipinski definition) is 1. The third-order valence-corrected chi connectivity index (χ3v) is 4.07. The van der Waals surface area contributed by atoms with Crippen molar-refractivity contribution < 1.29 is 18.3 Å². The maximum atomic E-state index is 13.1. The second kappa shape index (κ2) is 5.57. The van der Waals surface area contributed by atoms with Crippen molar-refractivity contribution in [3.05, 3.63) is 51.0 Å². The molecule has 2 rings (SSSR count). The second-order valence-electron chi connectivity index (χ2n) is 4.49. The van der Waals surface area contributed by atoms with Crippen LogP contribution in [-0.4, -0.2) is 14.9 Å². The van der Waals surface area contributed by atoms with E-state index in [0.29, 0.717) is 5.69 Å². The first-order valence-electron chi connectivity index (χ1n) is 5.81. The van der Waals surface area contributed by atoms with E-state index in [-0.39, 0.29) is 12.0 Å². The summed E-state index contributed by atoms with van der Waals surface area (Å²) in [6, 6.07) is 1.58. The average molecular weight is 349 g/mol. The van der Waals surface area contributed by atoms with Crippen molar-refractivity contribution in [2.45, 2.75) is 19.4 Å². The minimum Gasteiger partial charge on any atom is -0.388 e. The molecule has 1 N–H and O–H groups in total. The summed E-state index contributed by atoms with van der Waals surface area (Å²) < 4.78 is 41.5. The fraction of sp³-hybridized carbons (Fsp3) is 0.308. The first-order chi connectivity index (χ1) is 9.31. The zero-order chi connectivity index (χ0) is 15.0. The highest BCUT2D eigenvalue weighted by Gasteiger charge is 2.19. The number of hydrogen-bond acceptors (Lipinski definition) is 2. The van der Waals surface area contributed by atoms with Crippen LogP contribution in [0.4, 0.5) is 13.2 Å². The van der Waals surface area contributed by atoms with Crippen molar-refractivity contribution in [3.63, 3.8) is 0 Å². The number of aryl methyl sites for hydroxylation is 2. The van der Waals surface area contributed by atoms with Gasteiger partial charge in [-0.25, -0.2) is 13.2 Å². The maximum Gasteiger partial charge on any atom is 0.194 e. The van der Waals surface area contributed by atoms with Crippen LogP contribution in [0.25, 0.3) is 0 Å². The standard InChI is InChI=1S/C13H12BrF3N2O/c1-6-12(14)10(19(2)18-6)5-11(20)7-3-8(15)13(17)9(16)4-7/h3-4,11,20H,5H2,1-2H3. The van der Waals surface area contributed by atoms with Gasteiger partial charge in [-0.3, -0.25) is 4.68 Å². The minimum absolute atomic E-state index is 0.0212. The van der Waals surface area contributed by atoms with E-state index in [1.807, 2.05) is 0 Å². The van der Waals surface area contributed by atoms with Crippen LogP contribution in [0.15, 0.2) is 16.6 Å². The normalized spacial score (nSPS) is 12.8. The van der Waals surface area contributed by atoms with Crippen LogP contribution in [-0.2, 0) is 13.5 Å². The smallest absolute Gasteiger partial charge is 0.194 e. The van der Waals surface area contributed by atoms with Gasteiger partial charge in [-0.1, -0.05) is 0 Å². The molecule has 1 aromatic carbocycles. The molecule has 0 saturated carbocycles. The molecule has 0 fully saturated rings. The predicted octanol–water partition coefficient (Wildman–Crippen LogP) is 3.18. The summed E-state index contributed by atoms with van der Waals surface area (Å²) >= 11 is 3.34. The van der Waals surface area contributed by atoms with Crippen LogP contribution in [0.1, 0.15) is 23.1 Å². The topological polar surface area (TPSA) is 38.0 Å². The Balaban J connectivity index is 2.31. The summed E-state index contributed by atoms with van der Waals surface area (Å²) in [6.07, 6.45) is -1.06. The van der Waals surface area contributed by atoms with Crippen LogP contribution in [0.2, 0.25) is 0 Å². The molecule has 0 bridgehead atoms. The van der Waals surface area contributed by atoms with Gasteiger partial charge >= 0.3 is 0 Å². The van der Waals surface area contributed by atoms with E-state index in [2.05, 4.69) is 21.0 Å². The van der Waals surface area contributed by atoms with Gasteiger partial charge in [-0.15, -0.1) is 0 Å². The van der Waals surface area contributed by atoms with E-state index in [0.717, 1.165) is 22.3 Å². The molecule has 0 aliphatic carbocycles. The van der Waals surface area contributed by atoms with Crippen molar-refractivity contribution in [1.29, 1.82) is 0 Å². The van der Waals surface area contributed by atoms with Gasteiger partial charge in [0.25, 0.3) is 0 Å². The molecule has 1 aromatic heterocycles. The Morgan fingerprint density at radius 2 is 1.85 bits per heavy atom. The van der Waals surface area contributed by atoms with E-state index in [9.17, 15) is 18.3 Å². The Hall–Kier alpha value is -1.34. The molecule has 0 aliphatic heterocycles. The summed E-state index contributed by atoms with van der Waals surface area (Å²) in [5.74, 6) is -4.18. The monoisotopic (exact) mass is 348 g/mol. The molecule has 0 saturated heterocycles. The molecule has 1 unspecified atom stereocenters. The Kier molecular flexibility index (Phi) is 4.19. The summed E-state index contributed by atoms with van der Waals surface area (Å²) in [6.45, 7) is 1.79. The van der Waals surface area contributed by atoms with E-state index in [1.165, 1.54) is 0 Å². The number of halogens is 4. The Labute approximate surface area is 122 Å². The molecule has 0 aliphatic rings. The van der Waals surface area contributed by atoms with Crippen LogP contribution < -0.4 is 0 Å². The lowest BCUT2D eigenvalue weighted by atomic mass is 10.0. The van der Waals surface area contributed by atoms with Gasteiger partial charge in [0.05, 0.1) is 22.0 Å². The number of nitrogens with zero attached hydrogens (tertiary/aromatic N) is 2. The molecule has 0 spiro atoms. The highest BCUT2D eigenvalue weighted by molar-refractivity contribution is 9.10. The number of aromatic nitrogens is 2. The van der Waals surface area contributed by atoms with E-state index in [4.69, 9.17) is 0 Å². The van der Waals surface area contributed by atoms with E-state index < -0.39 is 23.6 Å². The SMILES string of the molecule is Cc1nn(C)c(CC(O)c2cc(F)c(F)c(F)c2)c1Br. The lowest BCUT2D eigenvalue weighted by Gasteiger charge is -2.12. The third kappa shape index (κ3) is 2.73. The zero-order valence-corrected chi connectivity index (χ0v) is 12.4. The van der Waals surface area contributed by atoms with Crippen LogP contribution >= 0.6 is 15.9 Å². The Morgan fingerprint density at radius 1 is 1.30 bits per heavy atom. The van der Waals surface area contributed by atoms with Gasteiger partial charge in [0.1, 0.15) is 0 Å². The molecule has 2 aromatic rings. The van der Waals surface area contributed by atoms with Crippen molar-refractivity contribution in [2.24, 2.45) is 7.05 Å². The van der Waals surface area contributed by atoms with Gasteiger partial charge in [0, 0.05) is 13.5 Å². The molecule has 3 nitrogen and oxygen atoms in total. The van der Waals surface area contributed by atoms with E-state index in [1.54, 1.807) is 18.7 Å². The van der Waals surface area contributed by atoms with Crippen LogP contribution in [0, 0.1) is 24.4 Å². The van der Waals surface area contributed by atoms with Crippen molar-refractivity contribution in [2.75, 3.05) is 0 Å². The Bertz CT molecular complexity index is 634. The summed E-state index contributed by atoms with van der Waals surface area (Å²) in [4.78, 5) is 0. The van der Waals surface area contributed by atoms with Crippen LogP contribution in [0.5, 0.6) is 0 Å². The van der Waals surface area contributed by atoms with Crippen molar-refractivity contribution in [1.82, 2.24) is 9.78 Å².